The molecule has 1 N–H and O–H groups in total. The average molecular weight is 439 g/mol. The lowest BCUT2D eigenvalue weighted by atomic mass is 9.94. The molecule has 1 fully saturated rings. The van der Waals surface area contributed by atoms with Crippen molar-refractivity contribution in [2.45, 2.75) is 58.0 Å². The Kier molecular flexibility index (Phi) is 6.97. The first-order valence-corrected chi connectivity index (χ1v) is 10.8. The van der Waals surface area contributed by atoms with Crippen molar-refractivity contribution in [2.75, 3.05) is 0 Å². The van der Waals surface area contributed by atoms with E-state index in [0.717, 1.165) is 31.2 Å². The van der Waals surface area contributed by atoms with Gasteiger partial charge in [-0.05, 0) is 55.2 Å². The van der Waals surface area contributed by atoms with E-state index < -0.39 is 5.97 Å². The molecule has 7 heteroatoms. The van der Waals surface area contributed by atoms with E-state index >= 15 is 0 Å². The van der Waals surface area contributed by atoms with Crippen LogP contribution in [0.25, 0.3) is 11.5 Å². The third-order valence-electron chi connectivity index (χ3n) is 5.76. The molecule has 2 atom stereocenters. The first kappa shape index (κ1) is 22.2. The van der Waals surface area contributed by atoms with Gasteiger partial charge < -0.3 is 19.0 Å². The second-order valence-electron chi connectivity index (χ2n) is 8.05. The molecule has 0 radical (unpaired) electrons. The van der Waals surface area contributed by atoms with Gasteiger partial charge >= 0.3 is 5.97 Å². The zero-order valence-corrected chi connectivity index (χ0v) is 17.9. The highest BCUT2D eigenvalue weighted by Crippen LogP contribution is 2.27. The summed E-state index contributed by atoms with van der Waals surface area (Å²) in [5, 5.41) is 9.53. The van der Waals surface area contributed by atoms with E-state index in [4.69, 9.17) is 13.9 Å². The van der Waals surface area contributed by atoms with Crippen LogP contribution in [0.15, 0.2) is 53.1 Å². The molecule has 6 nitrogen and oxygen atoms in total. The first-order chi connectivity index (χ1) is 15.5. The van der Waals surface area contributed by atoms with E-state index in [-0.39, 0.29) is 31.2 Å². The number of oxazole rings is 1. The minimum atomic E-state index is -0.943. The number of carbonyl (C=O) groups is 1. The van der Waals surface area contributed by atoms with Gasteiger partial charge in [0.05, 0.1) is 31.0 Å². The lowest BCUT2D eigenvalue weighted by molar-refractivity contribution is -0.104. The van der Waals surface area contributed by atoms with E-state index in [2.05, 4.69) is 4.98 Å². The van der Waals surface area contributed by atoms with Crippen molar-refractivity contribution >= 4 is 5.97 Å². The Bertz CT molecular complexity index is 1060. The third kappa shape index (κ3) is 5.23. The van der Waals surface area contributed by atoms with E-state index in [1.807, 2.05) is 6.07 Å². The summed E-state index contributed by atoms with van der Waals surface area (Å²) >= 11 is 0. The minimum Gasteiger partial charge on any atom is -0.478 e. The van der Waals surface area contributed by atoms with Crippen LogP contribution in [-0.2, 0) is 22.7 Å². The molecule has 168 valence electrons. The Morgan fingerprint density at radius 3 is 2.47 bits per heavy atom. The van der Waals surface area contributed by atoms with Crippen molar-refractivity contribution in [3.05, 3.63) is 76.9 Å². The van der Waals surface area contributed by atoms with E-state index in [9.17, 15) is 14.3 Å². The van der Waals surface area contributed by atoms with E-state index in [1.54, 1.807) is 37.5 Å². The number of carboxylic acids is 1. The standard InChI is InChI=1S/C25H26FNO5/c1-16-5-4-6-18(23(16)25(28)29)13-30-21-7-2-3-8-22(21)31-14-20-15-32-24(27-20)17-9-11-19(26)12-10-17/h4-6,9-12,15,21-22H,2-3,7-8,13-14H2,1H3,(H,28,29)/t21-,22-/m1/s1. The van der Waals surface area contributed by atoms with E-state index in [0.29, 0.717) is 28.3 Å². The molecular formula is C25H26FNO5. The Morgan fingerprint density at radius 1 is 1.09 bits per heavy atom. The van der Waals surface area contributed by atoms with Crippen molar-refractivity contribution in [1.82, 2.24) is 4.98 Å². The van der Waals surface area contributed by atoms with Gasteiger partial charge in [-0.1, -0.05) is 31.0 Å². The molecule has 4 rings (SSSR count). The number of carboxylic acid groups (broad SMARTS) is 1. The topological polar surface area (TPSA) is 81.8 Å². The highest BCUT2D eigenvalue weighted by molar-refractivity contribution is 5.91. The van der Waals surface area contributed by atoms with Crippen LogP contribution in [0.5, 0.6) is 0 Å². The van der Waals surface area contributed by atoms with Gasteiger partial charge in [-0.3, -0.25) is 0 Å². The van der Waals surface area contributed by atoms with Gasteiger partial charge in [-0.15, -0.1) is 0 Å². The number of rotatable bonds is 8. The van der Waals surface area contributed by atoms with Crippen LogP contribution in [0.2, 0.25) is 0 Å². The van der Waals surface area contributed by atoms with Crippen molar-refractivity contribution in [3.63, 3.8) is 0 Å². The van der Waals surface area contributed by atoms with Crippen LogP contribution in [0.1, 0.15) is 52.9 Å². The number of benzene rings is 2. The highest BCUT2D eigenvalue weighted by Gasteiger charge is 2.27. The molecule has 1 aromatic heterocycles. The molecule has 32 heavy (non-hydrogen) atoms. The van der Waals surface area contributed by atoms with Gasteiger partial charge in [0.2, 0.25) is 5.89 Å². The molecule has 0 amide bonds. The van der Waals surface area contributed by atoms with Crippen LogP contribution >= 0.6 is 0 Å². The fourth-order valence-electron chi connectivity index (χ4n) is 4.09. The molecule has 0 bridgehead atoms. The van der Waals surface area contributed by atoms with Crippen LogP contribution in [-0.4, -0.2) is 28.3 Å². The summed E-state index contributed by atoms with van der Waals surface area (Å²) in [7, 11) is 0. The Labute approximate surface area is 186 Å². The van der Waals surface area contributed by atoms with Crippen molar-refractivity contribution < 1.29 is 28.2 Å². The maximum atomic E-state index is 13.1. The van der Waals surface area contributed by atoms with Gasteiger partial charge in [-0.2, -0.15) is 0 Å². The predicted molar refractivity (Wildman–Crippen MR) is 116 cm³/mol. The zero-order chi connectivity index (χ0) is 22.5. The van der Waals surface area contributed by atoms with Crippen LogP contribution < -0.4 is 0 Å². The molecule has 1 saturated carbocycles. The first-order valence-electron chi connectivity index (χ1n) is 10.8. The van der Waals surface area contributed by atoms with Gasteiger partial charge in [0.15, 0.2) is 0 Å². The number of hydrogen-bond acceptors (Lipinski definition) is 5. The summed E-state index contributed by atoms with van der Waals surface area (Å²) in [5.41, 5.74) is 3.04. The Balaban J connectivity index is 1.37. The van der Waals surface area contributed by atoms with Crippen LogP contribution in [0, 0.1) is 12.7 Å². The van der Waals surface area contributed by atoms with Gasteiger partial charge in [0.1, 0.15) is 17.8 Å². The average Bonchev–Trinajstić information content (AvgIpc) is 3.26. The lowest BCUT2D eigenvalue weighted by Crippen LogP contribution is -2.34. The SMILES string of the molecule is Cc1cccc(CO[C@@H]2CCCC[C@H]2OCc2coc(-c3ccc(F)cc3)n2)c1C(=O)O. The maximum absolute atomic E-state index is 13.1. The maximum Gasteiger partial charge on any atom is 0.336 e. The molecule has 0 unspecified atom stereocenters. The number of ether oxygens (including phenoxy) is 2. The summed E-state index contributed by atoms with van der Waals surface area (Å²) in [4.78, 5) is 16.1. The number of hydrogen-bond donors (Lipinski definition) is 1. The largest absolute Gasteiger partial charge is 0.478 e. The fourth-order valence-corrected chi connectivity index (χ4v) is 4.09. The molecule has 1 aliphatic rings. The second kappa shape index (κ2) is 10.1. The molecule has 0 saturated heterocycles. The number of halogens is 1. The third-order valence-corrected chi connectivity index (χ3v) is 5.76. The molecule has 0 aliphatic heterocycles. The van der Waals surface area contributed by atoms with Crippen molar-refractivity contribution in [2.24, 2.45) is 0 Å². The molecule has 3 aromatic rings. The number of aromatic carboxylic acids is 1. The summed E-state index contributed by atoms with van der Waals surface area (Å²) < 4.78 is 30.9. The molecule has 0 spiro atoms. The second-order valence-corrected chi connectivity index (χ2v) is 8.05. The summed E-state index contributed by atoms with van der Waals surface area (Å²) in [6, 6.07) is 11.4. The zero-order valence-electron chi connectivity index (χ0n) is 17.9. The highest BCUT2D eigenvalue weighted by atomic mass is 19.1. The summed E-state index contributed by atoms with van der Waals surface area (Å²) in [6.45, 7) is 2.30. The molecule has 1 aliphatic carbocycles. The van der Waals surface area contributed by atoms with Crippen LogP contribution in [0.3, 0.4) is 0 Å². The quantitative estimate of drug-likeness (QED) is 0.497. The van der Waals surface area contributed by atoms with Crippen LogP contribution in [0.4, 0.5) is 4.39 Å². The lowest BCUT2D eigenvalue weighted by Gasteiger charge is -2.31. The number of aromatic nitrogens is 1. The van der Waals surface area contributed by atoms with Gasteiger partial charge in [0, 0.05) is 5.56 Å². The summed E-state index contributed by atoms with van der Waals surface area (Å²) in [6.07, 6.45) is 5.15. The number of nitrogens with zero attached hydrogens (tertiary/aromatic N) is 1. The monoisotopic (exact) mass is 439 g/mol. The van der Waals surface area contributed by atoms with E-state index in [1.165, 1.54) is 12.1 Å². The Hall–Kier alpha value is -3.03. The fraction of sp³-hybridized carbons (Fsp3) is 0.360. The normalized spacial score (nSPS) is 18.6. The van der Waals surface area contributed by atoms with Gasteiger partial charge in [-0.25, -0.2) is 14.2 Å². The van der Waals surface area contributed by atoms with Crippen molar-refractivity contribution in [3.8, 4) is 11.5 Å². The molecule has 1 heterocycles. The van der Waals surface area contributed by atoms with Crippen molar-refractivity contribution in [1.29, 1.82) is 0 Å². The molecule has 2 aromatic carbocycles. The van der Waals surface area contributed by atoms with Gasteiger partial charge in [0.25, 0.3) is 0 Å². The molecular weight excluding hydrogens is 413 g/mol. The Morgan fingerprint density at radius 2 is 1.78 bits per heavy atom. The minimum absolute atomic E-state index is 0.104. The number of aryl methyl sites for hydroxylation is 1. The predicted octanol–water partition coefficient (Wildman–Crippen LogP) is 5.53. The summed E-state index contributed by atoms with van der Waals surface area (Å²) in [5.74, 6) is -0.838. The smallest absolute Gasteiger partial charge is 0.336 e.